The van der Waals surface area contributed by atoms with Crippen molar-refractivity contribution in [3.63, 3.8) is 0 Å². The van der Waals surface area contributed by atoms with E-state index in [1.54, 1.807) is 12.1 Å². The smallest absolute Gasteiger partial charge is 0.149 e. The summed E-state index contributed by atoms with van der Waals surface area (Å²) in [5.41, 5.74) is 3.72. The Labute approximate surface area is 157 Å². The molecule has 2 aromatic heterocycles. The van der Waals surface area contributed by atoms with Crippen LogP contribution >= 0.6 is 0 Å². The average Bonchev–Trinajstić information content (AvgIpc) is 3.03. The second kappa shape index (κ2) is 6.78. The Morgan fingerprint density at radius 2 is 1.63 bits per heavy atom. The first-order chi connectivity index (χ1) is 13.1. The second-order valence-electron chi connectivity index (χ2n) is 6.81. The third-order valence-electron chi connectivity index (χ3n) is 4.55. The number of imidazole rings is 1. The highest BCUT2D eigenvalue weighted by molar-refractivity contribution is 5.85. The molecular weight excluding hydrogens is 338 g/mol. The van der Waals surface area contributed by atoms with Crippen molar-refractivity contribution in [2.24, 2.45) is 0 Å². The summed E-state index contributed by atoms with van der Waals surface area (Å²) >= 11 is 0. The molecule has 0 amide bonds. The van der Waals surface area contributed by atoms with E-state index >= 15 is 0 Å². The summed E-state index contributed by atoms with van der Waals surface area (Å²) in [4.78, 5) is 6.81. The maximum Gasteiger partial charge on any atom is 0.149 e. The molecule has 0 spiro atoms. The van der Waals surface area contributed by atoms with Gasteiger partial charge in [0.1, 0.15) is 23.0 Å². The summed E-state index contributed by atoms with van der Waals surface area (Å²) in [7, 11) is 3.93. The summed E-state index contributed by atoms with van der Waals surface area (Å²) in [6, 6.07) is 18.7. The van der Waals surface area contributed by atoms with Gasteiger partial charge in [-0.15, -0.1) is 0 Å². The molecule has 2 heterocycles. The number of benzene rings is 2. The number of hydrogen-bond donors (Lipinski definition) is 2. The second-order valence-corrected chi connectivity index (χ2v) is 6.81. The normalized spacial score (nSPS) is 11.4. The lowest BCUT2D eigenvalue weighted by Crippen LogP contribution is -2.10. The van der Waals surface area contributed by atoms with Crippen LogP contribution < -0.4 is 0 Å². The quantitative estimate of drug-likeness (QED) is 0.575. The molecule has 0 aliphatic rings. The van der Waals surface area contributed by atoms with Crippen LogP contribution in [0.25, 0.3) is 28.2 Å². The number of pyridine rings is 1. The standard InChI is InChI=1S/C22H21N3O2/c1-24(2)14-15-8-7-10-17(21(15)27)22-23-20(16-9-3-4-12-19(16)26)18-11-5-6-13-25(18)22/h3-13,26-27H,14H2,1-2H3. The lowest BCUT2D eigenvalue weighted by Gasteiger charge is -2.13. The average molecular weight is 359 g/mol. The third-order valence-corrected chi connectivity index (χ3v) is 4.55. The van der Waals surface area contributed by atoms with Gasteiger partial charge in [0, 0.05) is 23.9 Å². The number of aromatic nitrogens is 2. The van der Waals surface area contributed by atoms with Crippen molar-refractivity contribution in [2.75, 3.05) is 14.1 Å². The summed E-state index contributed by atoms with van der Waals surface area (Å²) in [6.45, 7) is 0.634. The molecule has 5 heteroatoms. The van der Waals surface area contributed by atoms with Crippen molar-refractivity contribution in [2.45, 2.75) is 6.54 Å². The number of para-hydroxylation sites is 2. The van der Waals surface area contributed by atoms with Gasteiger partial charge in [0.2, 0.25) is 0 Å². The van der Waals surface area contributed by atoms with Crippen molar-refractivity contribution in [3.8, 4) is 34.1 Å². The molecule has 0 aliphatic carbocycles. The topological polar surface area (TPSA) is 61.0 Å². The molecular formula is C22H21N3O2. The fourth-order valence-electron chi connectivity index (χ4n) is 3.34. The van der Waals surface area contributed by atoms with E-state index in [9.17, 15) is 10.2 Å². The molecule has 2 aromatic carbocycles. The van der Waals surface area contributed by atoms with E-state index < -0.39 is 0 Å². The van der Waals surface area contributed by atoms with Gasteiger partial charge >= 0.3 is 0 Å². The zero-order chi connectivity index (χ0) is 19.0. The van der Waals surface area contributed by atoms with Gasteiger partial charge in [0.15, 0.2) is 0 Å². The van der Waals surface area contributed by atoms with Crippen LogP contribution in [-0.2, 0) is 6.54 Å². The molecule has 0 radical (unpaired) electrons. The lowest BCUT2D eigenvalue weighted by molar-refractivity contribution is 0.386. The predicted molar refractivity (Wildman–Crippen MR) is 107 cm³/mol. The van der Waals surface area contributed by atoms with Crippen LogP contribution in [0.5, 0.6) is 11.5 Å². The number of nitrogens with zero attached hydrogens (tertiary/aromatic N) is 3. The Balaban J connectivity index is 1.96. The van der Waals surface area contributed by atoms with Crippen LogP contribution in [0.15, 0.2) is 66.9 Å². The number of phenolic OH excluding ortho intramolecular Hbond substituents is 2. The van der Waals surface area contributed by atoms with E-state index in [2.05, 4.69) is 0 Å². The van der Waals surface area contributed by atoms with Crippen LogP contribution in [0.1, 0.15) is 5.56 Å². The summed E-state index contributed by atoms with van der Waals surface area (Å²) < 4.78 is 1.94. The van der Waals surface area contributed by atoms with Gasteiger partial charge in [-0.1, -0.05) is 30.3 Å². The molecule has 27 heavy (non-hydrogen) atoms. The molecule has 0 saturated heterocycles. The number of aromatic hydroxyl groups is 2. The van der Waals surface area contributed by atoms with Gasteiger partial charge in [-0.2, -0.15) is 0 Å². The summed E-state index contributed by atoms with van der Waals surface area (Å²) in [5.74, 6) is 1.05. The number of rotatable bonds is 4. The van der Waals surface area contributed by atoms with Gasteiger partial charge in [0.25, 0.3) is 0 Å². The van der Waals surface area contributed by atoms with Gasteiger partial charge < -0.3 is 15.1 Å². The highest BCUT2D eigenvalue weighted by Gasteiger charge is 2.19. The van der Waals surface area contributed by atoms with Crippen molar-refractivity contribution in [1.29, 1.82) is 0 Å². The molecule has 0 bridgehead atoms. The van der Waals surface area contributed by atoms with Crippen molar-refractivity contribution in [3.05, 3.63) is 72.4 Å². The van der Waals surface area contributed by atoms with Crippen LogP contribution in [0.2, 0.25) is 0 Å². The van der Waals surface area contributed by atoms with E-state index in [0.29, 0.717) is 29.2 Å². The van der Waals surface area contributed by atoms with Crippen molar-refractivity contribution < 1.29 is 10.2 Å². The lowest BCUT2D eigenvalue weighted by atomic mass is 10.1. The Kier molecular flexibility index (Phi) is 4.30. The monoisotopic (exact) mass is 359 g/mol. The highest BCUT2D eigenvalue weighted by Crippen LogP contribution is 2.37. The third kappa shape index (κ3) is 3.02. The van der Waals surface area contributed by atoms with Gasteiger partial charge in [-0.05, 0) is 44.4 Å². The highest BCUT2D eigenvalue weighted by atomic mass is 16.3. The molecule has 0 aliphatic heterocycles. The van der Waals surface area contributed by atoms with Crippen LogP contribution in [0, 0.1) is 0 Å². The van der Waals surface area contributed by atoms with Gasteiger partial charge in [0.05, 0.1) is 11.1 Å². The minimum Gasteiger partial charge on any atom is -0.507 e. The molecule has 5 nitrogen and oxygen atoms in total. The van der Waals surface area contributed by atoms with Crippen LogP contribution in [0.4, 0.5) is 0 Å². The molecule has 0 fully saturated rings. The number of phenols is 2. The van der Waals surface area contributed by atoms with Crippen LogP contribution in [-0.4, -0.2) is 38.6 Å². The molecule has 0 unspecified atom stereocenters. The van der Waals surface area contributed by atoms with E-state index in [4.69, 9.17) is 4.98 Å². The minimum absolute atomic E-state index is 0.179. The van der Waals surface area contributed by atoms with Crippen molar-refractivity contribution >= 4 is 5.52 Å². The Bertz CT molecular complexity index is 1120. The minimum atomic E-state index is 0.179. The molecule has 2 N–H and O–H groups in total. The Morgan fingerprint density at radius 3 is 2.41 bits per heavy atom. The van der Waals surface area contributed by atoms with Gasteiger partial charge in [-0.3, -0.25) is 4.40 Å². The van der Waals surface area contributed by atoms with Crippen molar-refractivity contribution in [1.82, 2.24) is 14.3 Å². The largest absolute Gasteiger partial charge is 0.507 e. The van der Waals surface area contributed by atoms with E-state index in [1.807, 2.05) is 78.1 Å². The molecule has 4 rings (SSSR count). The zero-order valence-corrected chi connectivity index (χ0v) is 15.3. The van der Waals surface area contributed by atoms with E-state index in [1.165, 1.54) is 0 Å². The fraction of sp³-hybridized carbons (Fsp3) is 0.136. The molecule has 0 atom stereocenters. The fourth-order valence-corrected chi connectivity index (χ4v) is 3.34. The SMILES string of the molecule is CN(C)Cc1cccc(-c2nc(-c3ccccc3O)c3ccccn23)c1O. The summed E-state index contributed by atoms with van der Waals surface area (Å²) in [6.07, 6.45) is 1.92. The maximum absolute atomic E-state index is 10.9. The van der Waals surface area contributed by atoms with Gasteiger partial charge in [-0.25, -0.2) is 4.98 Å². The zero-order valence-electron chi connectivity index (χ0n) is 15.3. The van der Waals surface area contributed by atoms with E-state index in [-0.39, 0.29) is 11.5 Å². The Hall–Kier alpha value is -3.31. The van der Waals surface area contributed by atoms with E-state index in [0.717, 1.165) is 11.1 Å². The summed E-state index contributed by atoms with van der Waals surface area (Å²) in [5, 5.41) is 21.2. The molecule has 0 saturated carbocycles. The van der Waals surface area contributed by atoms with Crippen LogP contribution in [0.3, 0.4) is 0 Å². The Morgan fingerprint density at radius 1 is 0.889 bits per heavy atom. The first kappa shape index (κ1) is 17.1. The first-order valence-corrected chi connectivity index (χ1v) is 8.77. The first-order valence-electron chi connectivity index (χ1n) is 8.77. The number of fused-ring (bicyclic) bond motifs is 1. The predicted octanol–water partition coefficient (Wildman–Crippen LogP) is 4.14. The maximum atomic E-state index is 10.9. The molecule has 4 aromatic rings. The number of hydrogen-bond acceptors (Lipinski definition) is 4. The molecule has 136 valence electrons.